The van der Waals surface area contributed by atoms with E-state index in [-0.39, 0.29) is 5.91 Å². The van der Waals surface area contributed by atoms with Gasteiger partial charge in [0.15, 0.2) is 0 Å². The smallest absolute Gasteiger partial charge is 0.251 e. The summed E-state index contributed by atoms with van der Waals surface area (Å²) in [4.78, 5) is 21.3. The second-order valence-corrected chi connectivity index (χ2v) is 5.39. The summed E-state index contributed by atoms with van der Waals surface area (Å²) in [6, 6.07) is 9.35. The third-order valence-corrected chi connectivity index (χ3v) is 3.82. The molecule has 3 aromatic rings. The van der Waals surface area contributed by atoms with Crippen molar-refractivity contribution in [2.45, 2.75) is 20.4 Å². The molecule has 0 aliphatic heterocycles. The number of carbonyl (C=O) groups is 1. The van der Waals surface area contributed by atoms with Crippen molar-refractivity contribution in [3.63, 3.8) is 0 Å². The molecule has 0 saturated carbocycles. The second-order valence-electron chi connectivity index (χ2n) is 5.39. The van der Waals surface area contributed by atoms with Gasteiger partial charge in [0.05, 0.1) is 29.0 Å². The summed E-state index contributed by atoms with van der Waals surface area (Å²) < 4.78 is 1.98. The number of fused-ring (bicyclic) bond motifs is 1. The molecule has 1 amide bonds. The SMILES string of the molecule is Cc1nc2ccc(C(=O)NCc3cccn3C)cc2nc1C. The van der Waals surface area contributed by atoms with Crippen LogP contribution in [0.15, 0.2) is 36.5 Å². The molecule has 3 rings (SSSR count). The summed E-state index contributed by atoms with van der Waals surface area (Å²) in [7, 11) is 1.96. The molecule has 1 aromatic carbocycles. The minimum atomic E-state index is -0.108. The third kappa shape index (κ3) is 2.70. The Morgan fingerprint density at radius 3 is 2.55 bits per heavy atom. The van der Waals surface area contributed by atoms with Crippen molar-refractivity contribution < 1.29 is 4.79 Å². The van der Waals surface area contributed by atoms with Crippen molar-refractivity contribution in [2.24, 2.45) is 7.05 Å². The molecule has 5 nitrogen and oxygen atoms in total. The lowest BCUT2D eigenvalue weighted by Crippen LogP contribution is -2.23. The van der Waals surface area contributed by atoms with E-state index in [0.717, 1.165) is 28.1 Å². The lowest BCUT2D eigenvalue weighted by atomic mass is 10.1. The molecule has 112 valence electrons. The number of amides is 1. The van der Waals surface area contributed by atoms with Gasteiger partial charge in [-0.15, -0.1) is 0 Å². The first-order chi connectivity index (χ1) is 10.5. The molecular weight excluding hydrogens is 276 g/mol. The minimum absolute atomic E-state index is 0.108. The van der Waals surface area contributed by atoms with Gasteiger partial charge in [0, 0.05) is 24.5 Å². The Kier molecular flexibility index (Phi) is 3.63. The van der Waals surface area contributed by atoms with Gasteiger partial charge in [-0.1, -0.05) is 0 Å². The molecule has 1 N–H and O–H groups in total. The first kappa shape index (κ1) is 14.3. The standard InChI is InChI=1S/C17H18N4O/c1-11-12(2)20-16-9-13(6-7-15(16)19-11)17(22)18-10-14-5-4-8-21(14)3/h4-9H,10H2,1-3H3,(H,18,22). The molecule has 5 heteroatoms. The highest BCUT2D eigenvalue weighted by atomic mass is 16.1. The Balaban J connectivity index is 1.82. The highest BCUT2D eigenvalue weighted by Crippen LogP contribution is 2.14. The summed E-state index contributed by atoms with van der Waals surface area (Å²) in [5.74, 6) is -0.108. The van der Waals surface area contributed by atoms with Gasteiger partial charge in [0.1, 0.15) is 0 Å². The van der Waals surface area contributed by atoms with Crippen LogP contribution in [0.3, 0.4) is 0 Å². The first-order valence-corrected chi connectivity index (χ1v) is 7.18. The zero-order valence-corrected chi connectivity index (χ0v) is 12.9. The summed E-state index contributed by atoms with van der Waals surface area (Å²) in [6.45, 7) is 4.35. The number of carbonyl (C=O) groups excluding carboxylic acids is 1. The van der Waals surface area contributed by atoms with Gasteiger partial charge in [-0.3, -0.25) is 4.79 Å². The molecule has 0 bridgehead atoms. The number of rotatable bonds is 3. The zero-order valence-electron chi connectivity index (χ0n) is 12.9. The maximum Gasteiger partial charge on any atom is 0.251 e. The molecule has 0 radical (unpaired) electrons. The van der Waals surface area contributed by atoms with Crippen molar-refractivity contribution in [1.29, 1.82) is 0 Å². The lowest BCUT2D eigenvalue weighted by Gasteiger charge is -2.08. The van der Waals surface area contributed by atoms with E-state index in [2.05, 4.69) is 15.3 Å². The van der Waals surface area contributed by atoms with Gasteiger partial charge in [0.25, 0.3) is 5.91 Å². The van der Waals surface area contributed by atoms with E-state index in [1.807, 2.05) is 49.9 Å². The van der Waals surface area contributed by atoms with Crippen molar-refractivity contribution in [3.8, 4) is 0 Å². The van der Waals surface area contributed by atoms with Gasteiger partial charge in [-0.2, -0.15) is 0 Å². The van der Waals surface area contributed by atoms with Crippen LogP contribution in [0.4, 0.5) is 0 Å². The summed E-state index contributed by atoms with van der Waals surface area (Å²) in [5.41, 5.74) is 5.00. The molecule has 0 aliphatic carbocycles. The number of hydrogen-bond donors (Lipinski definition) is 1. The molecule has 0 atom stereocenters. The topological polar surface area (TPSA) is 59.8 Å². The van der Waals surface area contributed by atoms with Gasteiger partial charge >= 0.3 is 0 Å². The molecule has 22 heavy (non-hydrogen) atoms. The Bertz CT molecular complexity index is 851. The van der Waals surface area contributed by atoms with Gasteiger partial charge in [-0.25, -0.2) is 9.97 Å². The van der Waals surface area contributed by atoms with Gasteiger partial charge < -0.3 is 9.88 Å². The van der Waals surface area contributed by atoms with E-state index < -0.39 is 0 Å². The maximum atomic E-state index is 12.3. The number of benzene rings is 1. The van der Waals surface area contributed by atoms with Crippen LogP contribution in [0, 0.1) is 13.8 Å². The van der Waals surface area contributed by atoms with E-state index in [9.17, 15) is 4.79 Å². The number of hydrogen-bond acceptors (Lipinski definition) is 3. The molecule has 0 aliphatic rings. The summed E-state index contributed by atoms with van der Waals surface area (Å²) in [5, 5.41) is 2.92. The van der Waals surface area contributed by atoms with Crippen LogP contribution < -0.4 is 5.32 Å². The highest BCUT2D eigenvalue weighted by Gasteiger charge is 2.09. The predicted molar refractivity (Wildman–Crippen MR) is 85.6 cm³/mol. The normalized spacial score (nSPS) is 10.9. The van der Waals surface area contributed by atoms with Crippen LogP contribution in [0.25, 0.3) is 11.0 Å². The van der Waals surface area contributed by atoms with E-state index >= 15 is 0 Å². The molecular formula is C17H18N4O. The van der Waals surface area contributed by atoms with Crippen LogP contribution in [0.5, 0.6) is 0 Å². The van der Waals surface area contributed by atoms with E-state index in [1.54, 1.807) is 12.1 Å². The fraction of sp³-hybridized carbons (Fsp3) is 0.235. The predicted octanol–water partition coefficient (Wildman–Crippen LogP) is 2.52. The zero-order chi connectivity index (χ0) is 15.7. The number of aromatic nitrogens is 3. The summed E-state index contributed by atoms with van der Waals surface area (Å²) in [6.07, 6.45) is 1.96. The third-order valence-electron chi connectivity index (χ3n) is 3.82. The number of nitrogens with zero attached hydrogens (tertiary/aromatic N) is 3. The second kappa shape index (κ2) is 5.60. The Morgan fingerprint density at radius 2 is 1.86 bits per heavy atom. The average Bonchev–Trinajstić information content (AvgIpc) is 2.91. The van der Waals surface area contributed by atoms with E-state index in [1.165, 1.54) is 0 Å². The van der Waals surface area contributed by atoms with Crippen molar-refractivity contribution in [2.75, 3.05) is 0 Å². The first-order valence-electron chi connectivity index (χ1n) is 7.18. The molecule has 2 heterocycles. The molecule has 0 saturated heterocycles. The average molecular weight is 294 g/mol. The van der Waals surface area contributed by atoms with Crippen molar-refractivity contribution >= 4 is 16.9 Å². The van der Waals surface area contributed by atoms with Crippen LogP contribution in [0.1, 0.15) is 27.4 Å². The quantitative estimate of drug-likeness (QED) is 0.807. The van der Waals surface area contributed by atoms with Gasteiger partial charge in [-0.05, 0) is 44.2 Å². The van der Waals surface area contributed by atoms with Crippen LogP contribution in [-0.2, 0) is 13.6 Å². The van der Waals surface area contributed by atoms with E-state index in [4.69, 9.17) is 0 Å². The number of nitrogens with one attached hydrogen (secondary N) is 1. The fourth-order valence-corrected chi connectivity index (χ4v) is 2.32. The molecule has 0 spiro atoms. The van der Waals surface area contributed by atoms with Crippen molar-refractivity contribution in [3.05, 3.63) is 59.2 Å². The molecule has 0 unspecified atom stereocenters. The number of aryl methyl sites for hydroxylation is 3. The maximum absolute atomic E-state index is 12.3. The Hall–Kier alpha value is -2.69. The van der Waals surface area contributed by atoms with E-state index in [0.29, 0.717) is 12.1 Å². The monoisotopic (exact) mass is 294 g/mol. The van der Waals surface area contributed by atoms with Crippen molar-refractivity contribution in [1.82, 2.24) is 19.9 Å². The molecule has 2 aromatic heterocycles. The van der Waals surface area contributed by atoms with Gasteiger partial charge in [0.2, 0.25) is 0 Å². The van der Waals surface area contributed by atoms with Crippen LogP contribution in [0.2, 0.25) is 0 Å². The Labute approximate surface area is 129 Å². The minimum Gasteiger partial charge on any atom is -0.353 e. The van der Waals surface area contributed by atoms with Crippen LogP contribution in [-0.4, -0.2) is 20.4 Å². The highest BCUT2D eigenvalue weighted by molar-refractivity contribution is 5.97. The Morgan fingerprint density at radius 1 is 1.14 bits per heavy atom. The molecule has 0 fully saturated rings. The van der Waals surface area contributed by atoms with Crippen LogP contribution >= 0.6 is 0 Å². The fourth-order valence-electron chi connectivity index (χ4n) is 2.32. The summed E-state index contributed by atoms with van der Waals surface area (Å²) >= 11 is 0. The largest absolute Gasteiger partial charge is 0.353 e. The lowest BCUT2D eigenvalue weighted by molar-refractivity contribution is 0.0950.